The summed E-state index contributed by atoms with van der Waals surface area (Å²) < 4.78 is 14.2. The maximum absolute atomic E-state index is 13.1. The second-order valence-corrected chi connectivity index (χ2v) is 5.26. The second kappa shape index (κ2) is 4.38. The van der Waals surface area contributed by atoms with Crippen LogP contribution in [0.2, 0.25) is 0 Å². The fourth-order valence-corrected chi connectivity index (χ4v) is 2.94. The Balaban J connectivity index is 1.95. The molecule has 1 heterocycles. The van der Waals surface area contributed by atoms with Crippen LogP contribution in [0.5, 0.6) is 0 Å². The van der Waals surface area contributed by atoms with Crippen molar-refractivity contribution in [2.45, 2.75) is 6.42 Å². The Morgan fingerprint density at radius 3 is 2.89 bits per heavy atom. The molecular weight excluding hydrogens is 247 g/mol. The highest BCUT2D eigenvalue weighted by atomic mass is 32.1. The minimum absolute atomic E-state index is 0.210. The van der Waals surface area contributed by atoms with Crippen molar-refractivity contribution in [3.63, 3.8) is 0 Å². The predicted octanol–water partition coefficient (Wildman–Crippen LogP) is 3.61. The van der Waals surface area contributed by atoms with Crippen molar-refractivity contribution in [1.29, 1.82) is 0 Å². The van der Waals surface area contributed by atoms with Crippen molar-refractivity contribution in [2.75, 3.05) is 5.73 Å². The minimum Gasteiger partial charge on any atom is -0.399 e. The van der Waals surface area contributed by atoms with Gasteiger partial charge >= 0.3 is 0 Å². The molecule has 2 nitrogen and oxygen atoms in total. The Hall–Kier alpha value is -1.94. The third-order valence-corrected chi connectivity index (χ3v) is 3.72. The molecule has 0 atom stereocenters. The molecule has 3 aromatic rings. The number of aromatic nitrogens is 1. The Bertz CT molecular complexity index is 706. The summed E-state index contributed by atoms with van der Waals surface area (Å²) in [7, 11) is 0. The maximum atomic E-state index is 13.1. The van der Waals surface area contributed by atoms with Gasteiger partial charge in [-0.05, 0) is 35.9 Å². The van der Waals surface area contributed by atoms with E-state index in [0.29, 0.717) is 6.42 Å². The van der Waals surface area contributed by atoms with Crippen LogP contribution in [-0.4, -0.2) is 4.98 Å². The molecule has 2 N–H and O–H groups in total. The summed E-state index contributed by atoms with van der Waals surface area (Å²) in [5, 5.41) is 0.973. The molecule has 0 aliphatic heterocycles. The van der Waals surface area contributed by atoms with E-state index in [1.54, 1.807) is 23.5 Å². The number of halogens is 1. The average Bonchev–Trinajstić information content (AvgIpc) is 2.70. The van der Waals surface area contributed by atoms with Gasteiger partial charge in [0.05, 0.1) is 15.2 Å². The molecule has 0 saturated heterocycles. The number of rotatable bonds is 2. The number of hydrogen-bond acceptors (Lipinski definition) is 3. The fraction of sp³-hybridized carbons (Fsp3) is 0.0714. The molecule has 2 aromatic carbocycles. The quantitative estimate of drug-likeness (QED) is 0.713. The van der Waals surface area contributed by atoms with Crippen LogP contribution >= 0.6 is 11.3 Å². The maximum Gasteiger partial charge on any atom is 0.123 e. The number of nitrogen functional groups attached to an aromatic ring is 1. The first kappa shape index (κ1) is 11.2. The Morgan fingerprint density at radius 2 is 2.06 bits per heavy atom. The molecule has 0 unspecified atom stereocenters. The van der Waals surface area contributed by atoms with E-state index in [9.17, 15) is 4.39 Å². The first-order chi connectivity index (χ1) is 8.70. The van der Waals surface area contributed by atoms with E-state index in [-0.39, 0.29) is 5.82 Å². The van der Waals surface area contributed by atoms with Gasteiger partial charge in [-0.3, -0.25) is 0 Å². The number of fused-ring (bicyclic) bond motifs is 1. The summed E-state index contributed by atoms with van der Waals surface area (Å²) in [6.45, 7) is 0. The molecule has 1 aromatic heterocycles. The van der Waals surface area contributed by atoms with E-state index in [1.807, 2.05) is 24.3 Å². The zero-order valence-electron chi connectivity index (χ0n) is 9.56. The third kappa shape index (κ3) is 2.19. The van der Waals surface area contributed by atoms with Crippen molar-refractivity contribution in [3.8, 4) is 0 Å². The largest absolute Gasteiger partial charge is 0.399 e. The summed E-state index contributed by atoms with van der Waals surface area (Å²) >= 11 is 1.60. The van der Waals surface area contributed by atoms with Crippen molar-refractivity contribution in [3.05, 3.63) is 58.9 Å². The summed E-state index contributed by atoms with van der Waals surface area (Å²) in [6.07, 6.45) is 0.650. The molecule has 0 spiro atoms. The van der Waals surface area contributed by atoms with Crippen molar-refractivity contribution < 1.29 is 4.39 Å². The molecule has 0 aliphatic rings. The van der Waals surface area contributed by atoms with E-state index >= 15 is 0 Å². The molecule has 90 valence electrons. The lowest BCUT2D eigenvalue weighted by molar-refractivity contribution is 0.626. The Morgan fingerprint density at radius 1 is 1.17 bits per heavy atom. The molecule has 0 saturated carbocycles. The molecule has 0 bridgehead atoms. The highest BCUT2D eigenvalue weighted by Crippen LogP contribution is 2.25. The van der Waals surface area contributed by atoms with E-state index in [0.717, 1.165) is 26.5 Å². The lowest BCUT2D eigenvalue weighted by Crippen LogP contribution is -1.87. The molecule has 0 amide bonds. The molecule has 0 radical (unpaired) electrons. The number of hydrogen-bond donors (Lipinski definition) is 1. The fourth-order valence-electron chi connectivity index (χ4n) is 1.89. The standard InChI is InChI=1S/C14H11FN2S/c15-10-3-1-2-9(6-10)7-14-17-12-5-4-11(16)8-13(12)18-14/h1-6,8H,7,16H2. The lowest BCUT2D eigenvalue weighted by Gasteiger charge is -1.97. The summed E-state index contributed by atoms with van der Waals surface area (Å²) in [5.74, 6) is -0.210. The molecule has 3 rings (SSSR count). The van der Waals surface area contributed by atoms with Gasteiger partial charge in [-0.1, -0.05) is 12.1 Å². The van der Waals surface area contributed by atoms with Crippen molar-refractivity contribution in [1.82, 2.24) is 4.98 Å². The summed E-state index contributed by atoms with van der Waals surface area (Å²) in [6, 6.07) is 12.3. The monoisotopic (exact) mass is 258 g/mol. The van der Waals surface area contributed by atoms with Crippen LogP contribution in [-0.2, 0) is 6.42 Å². The SMILES string of the molecule is Nc1ccc2nc(Cc3cccc(F)c3)sc2c1. The van der Waals surface area contributed by atoms with Gasteiger partial charge < -0.3 is 5.73 Å². The van der Waals surface area contributed by atoms with Gasteiger partial charge in [-0.2, -0.15) is 0 Å². The van der Waals surface area contributed by atoms with Crippen LogP contribution in [0.15, 0.2) is 42.5 Å². The van der Waals surface area contributed by atoms with Crippen LogP contribution < -0.4 is 5.73 Å². The first-order valence-corrected chi connectivity index (χ1v) is 6.42. The number of nitrogens with two attached hydrogens (primary N) is 1. The normalized spacial score (nSPS) is 10.9. The van der Waals surface area contributed by atoms with E-state index < -0.39 is 0 Å². The summed E-state index contributed by atoms with van der Waals surface area (Å²) in [5.41, 5.74) is 8.35. The Kier molecular flexibility index (Phi) is 2.72. The van der Waals surface area contributed by atoms with Crippen molar-refractivity contribution in [2.24, 2.45) is 0 Å². The van der Waals surface area contributed by atoms with E-state index in [1.165, 1.54) is 6.07 Å². The second-order valence-electron chi connectivity index (χ2n) is 4.14. The van der Waals surface area contributed by atoms with Gasteiger partial charge in [0.25, 0.3) is 0 Å². The molecule has 0 aliphatic carbocycles. The molecule has 4 heteroatoms. The van der Waals surface area contributed by atoms with E-state index in [4.69, 9.17) is 5.73 Å². The van der Waals surface area contributed by atoms with Crippen LogP contribution in [0, 0.1) is 5.82 Å². The zero-order valence-corrected chi connectivity index (χ0v) is 10.4. The minimum atomic E-state index is -0.210. The van der Waals surface area contributed by atoms with Gasteiger partial charge in [-0.15, -0.1) is 11.3 Å². The molecule has 18 heavy (non-hydrogen) atoms. The summed E-state index contributed by atoms with van der Waals surface area (Å²) in [4.78, 5) is 4.52. The van der Waals surface area contributed by atoms with Crippen LogP contribution in [0.25, 0.3) is 10.2 Å². The lowest BCUT2D eigenvalue weighted by atomic mass is 10.1. The number of thiazole rings is 1. The number of anilines is 1. The van der Waals surface area contributed by atoms with Gasteiger partial charge in [0.2, 0.25) is 0 Å². The van der Waals surface area contributed by atoms with E-state index in [2.05, 4.69) is 4.98 Å². The molecular formula is C14H11FN2S. The van der Waals surface area contributed by atoms with Crippen LogP contribution in [0.1, 0.15) is 10.6 Å². The first-order valence-electron chi connectivity index (χ1n) is 5.60. The van der Waals surface area contributed by atoms with Crippen LogP contribution in [0.3, 0.4) is 0 Å². The van der Waals surface area contributed by atoms with Gasteiger partial charge in [0, 0.05) is 12.1 Å². The highest BCUT2D eigenvalue weighted by molar-refractivity contribution is 7.18. The zero-order chi connectivity index (χ0) is 12.5. The van der Waals surface area contributed by atoms with Gasteiger partial charge in [0.15, 0.2) is 0 Å². The topological polar surface area (TPSA) is 38.9 Å². The van der Waals surface area contributed by atoms with Crippen LogP contribution in [0.4, 0.5) is 10.1 Å². The molecule has 0 fully saturated rings. The highest BCUT2D eigenvalue weighted by Gasteiger charge is 2.05. The van der Waals surface area contributed by atoms with Gasteiger partial charge in [0.1, 0.15) is 5.82 Å². The smallest absolute Gasteiger partial charge is 0.123 e. The predicted molar refractivity (Wildman–Crippen MR) is 73.2 cm³/mol. The number of benzene rings is 2. The Labute approximate surface area is 108 Å². The average molecular weight is 258 g/mol. The number of nitrogens with zero attached hydrogens (tertiary/aromatic N) is 1. The van der Waals surface area contributed by atoms with Crippen molar-refractivity contribution >= 4 is 27.2 Å². The van der Waals surface area contributed by atoms with Gasteiger partial charge in [-0.25, -0.2) is 9.37 Å². The third-order valence-electron chi connectivity index (χ3n) is 2.70.